The van der Waals surface area contributed by atoms with Crippen LogP contribution in [0.4, 0.5) is 0 Å². The topological polar surface area (TPSA) is 58.6 Å². The lowest BCUT2D eigenvalue weighted by atomic mass is 10.1. The van der Waals surface area contributed by atoms with Crippen molar-refractivity contribution in [1.82, 2.24) is 5.32 Å². The number of phenols is 1. The summed E-state index contributed by atoms with van der Waals surface area (Å²) in [7, 11) is 0. The Morgan fingerprint density at radius 1 is 1.38 bits per heavy atom. The van der Waals surface area contributed by atoms with Crippen LogP contribution in [-0.2, 0) is 0 Å². The molecule has 0 amide bonds. The molecule has 0 unspecified atom stereocenters. The van der Waals surface area contributed by atoms with Gasteiger partial charge in [0.05, 0.1) is 5.56 Å². The molecule has 0 aromatic heterocycles. The normalized spacial score (nSPS) is 17.0. The fourth-order valence-corrected chi connectivity index (χ4v) is 1.81. The van der Waals surface area contributed by atoms with Gasteiger partial charge in [-0.05, 0) is 44.1 Å². The average molecular weight is 221 g/mol. The first kappa shape index (κ1) is 11.0. The molecule has 16 heavy (non-hydrogen) atoms. The monoisotopic (exact) mass is 221 g/mol. The lowest BCUT2D eigenvalue weighted by molar-refractivity contribution is 0.111. The summed E-state index contributed by atoms with van der Waals surface area (Å²) in [5.41, 5.74) is 0.270. The lowest BCUT2D eigenvalue weighted by Crippen LogP contribution is -2.34. The molecule has 1 aromatic carbocycles. The van der Waals surface area contributed by atoms with E-state index in [1.807, 2.05) is 0 Å². The van der Waals surface area contributed by atoms with Gasteiger partial charge in [0.2, 0.25) is 0 Å². The number of hydrogen-bond donors (Lipinski definition) is 2. The Bertz CT molecular complexity index is 373. The molecule has 0 aliphatic carbocycles. The summed E-state index contributed by atoms with van der Waals surface area (Å²) in [6.45, 7) is 1.92. The highest BCUT2D eigenvalue weighted by atomic mass is 16.5. The second-order valence-electron chi connectivity index (χ2n) is 3.91. The number of rotatable bonds is 3. The van der Waals surface area contributed by atoms with Gasteiger partial charge in [-0.15, -0.1) is 0 Å². The van der Waals surface area contributed by atoms with E-state index in [4.69, 9.17) is 4.74 Å². The second kappa shape index (κ2) is 4.99. The number of aldehydes is 1. The standard InChI is InChI=1S/C12H15NO3/c14-8-9-7-11(1-2-12(9)15)16-10-3-5-13-6-4-10/h1-2,7-8,10,13,15H,3-6H2. The molecule has 4 nitrogen and oxygen atoms in total. The van der Waals surface area contributed by atoms with E-state index in [2.05, 4.69) is 5.32 Å². The Labute approximate surface area is 94.2 Å². The minimum Gasteiger partial charge on any atom is -0.507 e. The Hall–Kier alpha value is -1.55. The number of carbonyl (C=O) groups is 1. The van der Waals surface area contributed by atoms with Crippen molar-refractivity contribution in [1.29, 1.82) is 0 Å². The highest BCUT2D eigenvalue weighted by molar-refractivity contribution is 5.79. The van der Waals surface area contributed by atoms with Gasteiger partial charge < -0.3 is 15.2 Å². The number of piperidine rings is 1. The van der Waals surface area contributed by atoms with Crippen LogP contribution in [0, 0.1) is 0 Å². The van der Waals surface area contributed by atoms with E-state index in [1.165, 1.54) is 6.07 Å². The predicted octanol–water partition coefficient (Wildman–Crippen LogP) is 1.34. The van der Waals surface area contributed by atoms with Crippen molar-refractivity contribution in [3.8, 4) is 11.5 Å². The number of benzene rings is 1. The molecule has 0 spiro atoms. The maximum absolute atomic E-state index is 10.6. The van der Waals surface area contributed by atoms with Crippen LogP contribution < -0.4 is 10.1 Å². The van der Waals surface area contributed by atoms with Gasteiger partial charge in [0.25, 0.3) is 0 Å². The number of nitrogens with one attached hydrogen (secondary N) is 1. The zero-order valence-electron chi connectivity index (χ0n) is 8.98. The van der Waals surface area contributed by atoms with E-state index in [9.17, 15) is 9.90 Å². The molecule has 0 atom stereocenters. The molecule has 1 aliphatic rings. The van der Waals surface area contributed by atoms with Gasteiger partial charge in [-0.1, -0.05) is 0 Å². The summed E-state index contributed by atoms with van der Waals surface area (Å²) >= 11 is 0. The van der Waals surface area contributed by atoms with Gasteiger partial charge in [-0.3, -0.25) is 4.79 Å². The molecule has 0 bridgehead atoms. The third kappa shape index (κ3) is 2.52. The Balaban J connectivity index is 2.05. The van der Waals surface area contributed by atoms with Crippen molar-refractivity contribution in [2.75, 3.05) is 13.1 Å². The maximum atomic E-state index is 10.6. The van der Waals surface area contributed by atoms with Gasteiger partial charge in [0.15, 0.2) is 6.29 Å². The number of ether oxygens (including phenoxy) is 1. The molecule has 86 valence electrons. The summed E-state index contributed by atoms with van der Waals surface area (Å²) in [6.07, 6.45) is 2.77. The van der Waals surface area contributed by atoms with E-state index in [0.717, 1.165) is 25.9 Å². The maximum Gasteiger partial charge on any atom is 0.153 e. The minimum atomic E-state index is -0.00680. The molecule has 1 saturated heterocycles. The molecule has 1 fully saturated rings. The van der Waals surface area contributed by atoms with E-state index >= 15 is 0 Å². The average Bonchev–Trinajstić information content (AvgIpc) is 2.33. The number of phenolic OH excluding ortho intramolecular Hbond substituents is 1. The predicted molar refractivity (Wildman–Crippen MR) is 60.0 cm³/mol. The van der Waals surface area contributed by atoms with Gasteiger partial charge in [-0.25, -0.2) is 0 Å². The van der Waals surface area contributed by atoms with Gasteiger partial charge in [0.1, 0.15) is 17.6 Å². The molecule has 4 heteroatoms. The van der Waals surface area contributed by atoms with Crippen molar-refractivity contribution in [2.45, 2.75) is 18.9 Å². The minimum absolute atomic E-state index is 0.00680. The first-order chi connectivity index (χ1) is 7.79. The fourth-order valence-electron chi connectivity index (χ4n) is 1.81. The van der Waals surface area contributed by atoms with E-state index in [1.54, 1.807) is 12.1 Å². The van der Waals surface area contributed by atoms with Gasteiger partial charge in [0, 0.05) is 0 Å². The summed E-state index contributed by atoms with van der Waals surface area (Å²) in [5, 5.41) is 12.6. The number of hydrogen-bond acceptors (Lipinski definition) is 4. The van der Waals surface area contributed by atoms with Crippen LogP contribution in [0.15, 0.2) is 18.2 Å². The Morgan fingerprint density at radius 3 is 2.81 bits per heavy atom. The van der Waals surface area contributed by atoms with Gasteiger partial charge >= 0.3 is 0 Å². The molecular weight excluding hydrogens is 206 g/mol. The van der Waals surface area contributed by atoms with Crippen LogP contribution in [-0.4, -0.2) is 30.6 Å². The quantitative estimate of drug-likeness (QED) is 0.756. The summed E-state index contributed by atoms with van der Waals surface area (Å²) in [5.74, 6) is 0.638. The molecule has 0 radical (unpaired) electrons. The van der Waals surface area contributed by atoms with Crippen molar-refractivity contribution in [3.05, 3.63) is 23.8 Å². The summed E-state index contributed by atoms with van der Waals surface area (Å²) < 4.78 is 5.74. The molecule has 1 aliphatic heterocycles. The first-order valence-corrected chi connectivity index (χ1v) is 5.45. The Kier molecular flexibility index (Phi) is 3.41. The first-order valence-electron chi connectivity index (χ1n) is 5.45. The zero-order valence-corrected chi connectivity index (χ0v) is 8.98. The van der Waals surface area contributed by atoms with Crippen LogP contribution in [0.1, 0.15) is 23.2 Å². The van der Waals surface area contributed by atoms with Crippen LogP contribution in [0.3, 0.4) is 0 Å². The lowest BCUT2D eigenvalue weighted by Gasteiger charge is -2.23. The molecule has 2 N–H and O–H groups in total. The highest BCUT2D eigenvalue weighted by Crippen LogP contribution is 2.23. The van der Waals surface area contributed by atoms with Crippen LogP contribution in [0.25, 0.3) is 0 Å². The molecule has 0 saturated carbocycles. The SMILES string of the molecule is O=Cc1cc(OC2CCNCC2)ccc1O. The molecule has 2 rings (SSSR count). The second-order valence-corrected chi connectivity index (χ2v) is 3.91. The fraction of sp³-hybridized carbons (Fsp3) is 0.417. The third-order valence-electron chi connectivity index (χ3n) is 2.71. The van der Waals surface area contributed by atoms with Crippen molar-refractivity contribution in [2.24, 2.45) is 0 Å². The number of carbonyl (C=O) groups excluding carboxylic acids is 1. The molecular formula is C12H15NO3. The van der Waals surface area contributed by atoms with Crippen LogP contribution in [0.2, 0.25) is 0 Å². The van der Waals surface area contributed by atoms with E-state index < -0.39 is 0 Å². The van der Waals surface area contributed by atoms with Crippen molar-refractivity contribution >= 4 is 6.29 Å². The van der Waals surface area contributed by atoms with Crippen LogP contribution in [0.5, 0.6) is 11.5 Å². The van der Waals surface area contributed by atoms with E-state index in [0.29, 0.717) is 12.0 Å². The van der Waals surface area contributed by atoms with E-state index in [-0.39, 0.29) is 17.4 Å². The highest BCUT2D eigenvalue weighted by Gasteiger charge is 2.14. The van der Waals surface area contributed by atoms with Crippen molar-refractivity contribution < 1.29 is 14.6 Å². The van der Waals surface area contributed by atoms with Crippen molar-refractivity contribution in [3.63, 3.8) is 0 Å². The van der Waals surface area contributed by atoms with Gasteiger partial charge in [-0.2, -0.15) is 0 Å². The largest absolute Gasteiger partial charge is 0.507 e. The molecule has 1 aromatic rings. The van der Waals surface area contributed by atoms with Crippen LogP contribution >= 0.6 is 0 Å². The number of aromatic hydroxyl groups is 1. The third-order valence-corrected chi connectivity index (χ3v) is 2.71. The molecule has 1 heterocycles. The Morgan fingerprint density at radius 2 is 2.12 bits per heavy atom. The summed E-state index contributed by atoms with van der Waals surface area (Å²) in [4.78, 5) is 10.6. The zero-order chi connectivity index (χ0) is 11.4. The summed E-state index contributed by atoms with van der Waals surface area (Å²) in [6, 6.07) is 4.74. The smallest absolute Gasteiger partial charge is 0.153 e.